The van der Waals surface area contributed by atoms with E-state index in [1.54, 1.807) is 38.1 Å². The van der Waals surface area contributed by atoms with Crippen molar-refractivity contribution < 1.29 is 24.2 Å². The van der Waals surface area contributed by atoms with E-state index in [4.69, 9.17) is 4.74 Å². The minimum absolute atomic E-state index is 0.114. The molecule has 1 aromatic carbocycles. The van der Waals surface area contributed by atoms with Gasteiger partial charge in [0.25, 0.3) is 0 Å². The molecular formula is C17H24N2O5. The highest BCUT2D eigenvalue weighted by Gasteiger charge is 2.28. The zero-order valence-corrected chi connectivity index (χ0v) is 14.3. The predicted octanol–water partition coefficient (Wildman–Crippen LogP) is 0.968. The van der Waals surface area contributed by atoms with Crippen molar-refractivity contribution in [3.8, 4) is 5.75 Å². The highest BCUT2D eigenvalue weighted by Crippen LogP contribution is 2.14. The van der Waals surface area contributed by atoms with Crippen molar-refractivity contribution in [1.29, 1.82) is 0 Å². The second kappa shape index (κ2) is 8.90. The van der Waals surface area contributed by atoms with Gasteiger partial charge in [-0.15, -0.1) is 0 Å². The van der Waals surface area contributed by atoms with Crippen molar-refractivity contribution >= 4 is 17.8 Å². The summed E-state index contributed by atoms with van der Waals surface area (Å²) in [6, 6.07) is 5.11. The van der Waals surface area contributed by atoms with Crippen LogP contribution in [0.15, 0.2) is 24.3 Å². The van der Waals surface area contributed by atoms with E-state index in [0.29, 0.717) is 5.75 Å². The Hall–Kier alpha value is -2.57. The molecule has 2 amide bonds. The van der Waals surface area contributed by atoms with Gasteiger partial charge in [0.1, 0.15) is 17.8 Å². The lowest BCUT2D eigenvalue weighted by molar-refractivity contribution is -0.142. The van der Waals surface area contributed by atoms with Crippen LogP contribution < -0.4 is 15.4 Å². The van der Waals surface area contributed by atoms with Gasteiger partial charge < -0.3 is 20.5 Å². The second-order valence-corrected chi connectivity index (χ2v) is 5.88. The maximum Gasteiger partial charge on any atom is 0.326 e. The third-order valence-corrected chi connectivity index (χ3v) is 3.50. The number of carbonyl (C=O) groups is 3. The number of ether oxygens (including phenoxy) is 1. The zero-order chi connectivity index (χ0) is 18.3. The fraction of sp³-hybridized carbons (Fsp3) is 0.471. The molecule has 24 heavy (non-hydrogen) atoms. The molecule has 0 bridgehead atoms. The molecular weight excluding hydrogens is 312 g/mol. The van der Waals surface area contributed by atoms with Gasteiger partial charge in [-0.25, -0.2) is 4.79 Å². The molecule has 0 fully saturated rings. The van der Waals surface area contributed by atoms with Crippen molar-refractivity contribution in [2.45, 2.75) is 39.3 Å². The van der Waals surface area contributed by atoms with E-state index in [0.717, 1.165) is 5.56 Å². The number of carboxylic acids is 1. The van der Waals surface area contributed by atoms with Crippen LogP contribution in [0.1, 0.15) is 26.3 Å². The monoisotopic (exact) mass is 336 g/mol. The van der Waals surface area contributed by atoms with Crippen LogP contribution in [0.4, 0.5) is 0 Å². The summed E-state index contributed by atoms with van der Waals surface area (Å²) in [6.45, 7) is 4.86. The molecule has 0 aromatic heterocycles. The highest BCUT2D eigenvalue weighted by molar-refractivity contribution is 5.90. The number of carbonyl (C=O) groups excluding carboxylic acids is 2. The van der Waals surface area contributed by atoms with Crippen molar-refractivity contribution in [3.05, 3.63) is 29.8 Å². The Morgan fingerprint density at radius 1 is 1.21 bits per heavy atom. The molecule has 0 aliphatic heterocycles. The Morgan fingerprint density at radius 2 is 1.88 bits per heavy atom. The first kappa shape index (κ1) is 19.5. The van der Waals surface area contributed by atoms with Gasteiger partial charge in [-0.05, 0) is 23.6 Å². The quantitative estimate of drug-likeness (QED) is 0.656. The van der Waals surface area contributed by atoms with Gasteiger partial charge in [0.2, 0.25) is 11.8 Å². The number of amides is 2. The van der Waals surface area contributed by atoms with Crippen LogP contribution in [0, 0.1) is 5.92 Å². The third kappa shape index (κ3) is 5.91. The number of benzene rings is 1. The number of rotatable bonds is 8. The topological polar surface area (TPSA) is 105 Å². The summed E-state index contributed by atoms with van der Waals surface area (Å²) < 4.78 is 5.11. The number of nitrogens with one attached hydrogen (secondary N) is 2. The normalized spacial score (nSPS) is 13.0. The average molecular weight is 336 g/mol. The van der Waals surface area contributed by atoms with Gasteiger partial charge in [0.05, 0.1) is 7.11 Å². The van der Waals surface area contributed by atoms with E-state index in [2.05, 4.69) is 10.6 Å². The number of aliphatic carboxylic acids is 1. The van der Waals surface area contributed by atoms with Crippen LogP contribution in [0.25, 0.3) is 0 Å². The number of carboxylic acid groups (broad SMARTS) is 1. The maximum absolute atomic E-state index is 12.3. The van der Waals surface area contributed by atoms with Crippen LogP contribution in [0.3, 0.4) is 0 Å². The summed E-state index contributed by atoms with van der Waals surface area (Å²) in [4.78, 5) is 35.0. The molecule has 7 heteroatoms. The van der Waals surface area contributed by atoms with Crippen molar-refractivity contribution in [3.63, 3.8) is 0 Å². The minimum atomic E-state index is -1.14. The molecule has 132 valence electrons. The summed E-state index contributed by atoms with van der Waals surface area (Å²) >= 11 is 0. The van der Waals surface area contributed by atoms with Crippen molar-refractivity contribution in [1.82, 2.24) is 10.6 Å². The Balaban J connectivity index is 2.86. The summed E-state index contributed by atoms with van der Waals surface area (Å²) in [6.07, 6.45) is 0.114. The van der Waals surface area contributed by atoms with Crippen molar-refractivity contribution in [2.24, 2.45) is 5.92 Å². The summed E-state index contributed by atoms with van der Waals surface area (Å²) in [5.41, 5.74) is 0.725. The van der Waals surface area contributed by atoms with Crippen LogP contribution in [-0.4, -0.2) is 42.1 Å². The lowest BCUT2D eigenvalue weighted by Crippen LogP contribution is -2.53. The van der Waals surface area contributed by atoms with Gasteiger partial charge in [0, 0.05) is 13.3 Å². The molecule has 1 aromatic rings. The molecule has 0 radical (unpaired) electrons. The van der Waals surface area contributed by atoms with E-state index in [-0.39, 0.29) is 18.2 Å². The third-order valence-electron chi connectivity index (χ3n) is 3.50. The van der Waals surface area contributed by atoms with E-state index >= 15 is 0 Å². The van der Waals surface area contributed by atoms with E-state index in [1.807, 2.05) is 0 Å². The standard InChI is InChI=1S/C17H24N2O5/c1-10(2)15(18-11(3)20)16(21)19-14(17(22)23)9-12-6-5-7-13(8-12)24-4/h5-8,10,14-15H,9H2,1-4H3,(H,18,20)(H,19,21)(H,22,23)/t14-,15+/m0/s1. The molecule has 0 aliphatic carbocycles. The molecule has 7 nitrogen and oxygen atoms in total. The predicted molar refractivity (Wildman–Crippen MR) is 88.7 cm³/mol. The van der Waals surface area contributed by atoms with E-state index in [1.165, 1.54) is 14.0 Å². The van der Waals surface area contributed by atoms with Crippen LogP contribution in [-0.2, 0) is 20.8 Å². The zero-order valence-electron chi connectivity index (χ0n) is 14.3. The lowest BCUT2D eigenvalue weighted by atomic mass is 10.0. The summed E-state index contributed by atoms with van der Waals surface area (Å²) in [5, 5.41) is 14.4. The second-order valence-electron chi connectivity index (χ2n) is 5.88. The molecule has 0 unspecified atom stereocenters. The fourth-order valence-corrected chi connectivity index (χ4v) is 2.25. The Morgan fingerprint density at radius 3 is 2.38 bits per heavy atom. The Labute approximate surface area is 141 Å². The molecule has 3 N–H and O–H groups in total. The Kier molecular flexibility index (Phi) is 7.23. The van der Waals surface area contributed by atoms with Crippen LogP contribution in [0.5, 0.6) is 5.75 Å². The molecule has 0 spiro atoms. The molecule has 0 saturated carbocycles. The molecule has 1 rings (SSSR count). The van der Waals surface area contributed by atoms with E-state index in [9.17, 15) is 19.5 Å². The molecule has 0 heterocycles. The van der Waals surface area contributed by atoms with Gasteiger partial charge >= 0.3 is 5.97 Å². The number of methoxy groups -OCH3 is 1. The van der Waals surface area contributed by atoms with E-state index < -0.39 is 24.0 Å². The van der Waals surface area contributed by atoms with Crippen molar-refractivity contribution in [2.75, 3.05) is 7.11 Å². The Bertz CT molecular complexity index is 600. The number of hydrogen-bond acceptors (Lipinski definition) is 4. The first-order chi connectivity index (χ1) is 11.2. The first-order valence-electron chi connectivity index (χ1n) is 7.67. The van der Waals surface area contributed by atoms with Gasteiger partial charge in [0.15, 0.2) is 0 Å². The molecule has 0 saturated heterocycles. The number of hydrogen-bond donors (Lipinski definition) is 3. The average Bonchev–Trinajstić information content (AvgIpc) is 2.51. The maximum atomic E-state index is 12.3. The SMILES string of the molecule is COc1cccc(C[C@H](NC(=O)[C@H](NC(C)=O)C(C)C)C(=O)O)c1. The van der Waals surface area contributed by atoms with Gasteiger partial charge in [-0.2, -0.15) is 0 Å². The molecule has 2 atom stereocenters. The molecule has 0 aliphatic rings. The highest BCUT2D eigenvalue weighted by atomic mass is 16.5. The fourth-order valence-electron chi connectivity index (χ4n) is 2.25. The van der Waals surface area contributed by atoms with Gasteiger partial charge in [-0.1, -0.05) is 26.0 Å². The van der Waals surface area contributed by atoms with Crippen LogP contribution >= 0.6 is 0 Å². The first-order valence-corrected chi connectivity index (χ1v) is 7.67. The summed E-state index contributed by atoms with van der Waals surface area (Å²) in [5.74, 6) is -1.56. The van der Waals surface area contributed by atoms with Crippen LogP contribution in [0.2, 0.25) is 0 Å². The largest absolute Gasteiger partial charge is 0.497 e. The smallest absolute Gasteiger partial charge is 0.326 e. The lowest BCUT2D eigenvalue weighted by Gasteiger charge is -2.23. The van der Waals surface area contributed by atoms with Gasteiger partial charge in [-0.3, -0.25) is 9.59 Å². The summed E-state index contributed by atoms with van der Waals surface area (Å²) in [7, 11) is 1.52. The minimum Gasteiger partial charge on any atom is -0.497 e.